The molecule has 4 heteroatoms. The van der Waals surface area contributed by atoms with Crippen molar-refractivity contribution in [3.63, 3.8) is 0 Å². The summed E-state index contributed by atoms with van der Waals surface area (Å²) >= 11 is 5.88. The summed E-state index contributed by atoms with van der Waals surface area (Å²) in [6, 6.07) is 7.64. The molecule has 1 aromatic rings. The summed E-state index contributed by atoms with van der Waals surface area (Å²) in [6.45, 7) is 2.00. The molecule has 3 nitrogen and oxygen atoms in total. The molecule has 2 saturated carbocycles. The molecule has 4 unspecified atom stereocenters. The number of benzene rings is 1. The van der Waals surface area contributed by atoms with Gasteiger partial charge in [0.25, 0.3) is 0 Å². The topological polar surface area (TPSA) is 55.1 Å². The van der Waals surface area contributed by atoms with Crippen LogP contribution in [0.4, 0.5) is 0 Å². The van der Waals surface area contributed by atoms with Crippen molar-refractivity contribution in [2.75, 3.05) is 0 Å². The lowest BCUT2D eigenvalue weighted by Crippen LogP contribution is -2.45. The molecule has 0 heterocycles. The first-order valence-corrected chi connectivity index (χ1v) is 7.75. The third-order valence-corrected chi connectivity index (χ3v) is 5.26. The predicted molar refractivity (Wildman–Crippen MR) is 80.3 cm³/mol. The summed E-state index contributed by atoms with van der Waals surface area (Å²) < 4.78 is 0. The number of halogens is 1. The second-order valence-corrected chi connectivity index (χ2v) is 6.65. The number of carbonyl (C=O) groups excluding carboxylic acids is 1. The van der Waals surface area contributed by atoms with Crippen LogP contribution in [-0.4, -0.2) is 11.9 Å². The maximum Gasteiger partial charge on any atom is 0.225 e. The number of hydrogen-bond acceptors (Lipinski definition) is 2. The van der Waals surface area contributed by atoms with Gasteiger partial charge in [-0.05, 0) is 55.7 Å². The number of hydrogen-bond donors (Lipinski definition) is 2. The first-order valence-electron chi connectivity index (χ1n) is 7.37. The van der Waals surface area contributed by atoms with Gasteiger partial charge in [0.05, 0.1) is 12.0 Å². The summed E-state index contributed by atoms with van der Waals surface area (Å²) in [5, 5.41) is 3.82. The Morgan fingerprint density at radius 3 is 2.55 bits per heavy atom. The van der Waals surface area contributed by atoms with Gasteiger partial charge in [-0.3, -0.25) is 4.79 Å². The Labute approximate surface area is 124 Å². The molecule has 2 aliphatic rings. The molecule has 0 aromatic heterocycles. The Kier molecular flexibility index (Phi) is 3.74. The van der Waals surface area contributed by atoms with E-state index in [1.807, 2.05) is 31.2 Å². The van der Waals surface area contributed by atoms with Crippen LogP contribution in [0.1, 0.15) is 37.8 Å². The molecule has 0 aliphatic heterocycles. The average molecular weight is 293 g/mol. The van der Waals surface area contributed by atoms with Gasteiger partial charge in [-0.15, -0.1) is 0 Å². The van der Waals surface area contributed by atoms with Crippen LogP contribution in [0.25, 0.3) is 0 Å². The molecular formula is C16H21ClN2O. The third-order valence-electron chi connectivity index (χ3n) is 5.01. The van der Waals surface area contributed by atoms with Crippen molar-refractivity contribution in [2.24, 2.45) is 23.5 Å². The zero-order chi connectivity index (χ0) is 14.3. The van der Waals surface area contributed by atoms with Crippen LogP contribution in [0.3, 0.4) is 0 Å². The van der Waals surface area contributed by atoms with Gasteiger partial charge in [0.15, 0.2) is 0 Å². The fourth-order valence-corrected chi connectivity index (χ4v) is 4.00. The van der Waals surface area contributed by atoms with Crippen molar-refractivity contribution in [1.82, 2.24) is 5.32 Å². The van der Waals surface area contributed by atoms with Gasteiger partial charge in [-0.1, -0.05) is 23.7 Å². The van der Waals surface area contributed by atoms with E-state index in [9.17, 15) is 4.79 Å². The fraction of sp³-hybridized carbons (Fsp3) is 0.562. The Morgan fingerprint density at radius 2 is 1.95 bits per heavy atom. The molecule has 1 amide bonds. The summed E-state index contributed by atoms with van der Waals surface area (Å²) in [7, 11) is 0. The van der Waals surface area contributed by atoms with Crippen LogP contribution in [-0.2, 0) is 4.79 Å². The van der Waals surface area contributed by atoms with Crippen molar-refractivity contribution in [3.05, 3.63) is 34.9 Å². The molecule has 2 fully saturated rings. The maximum atomic E-state index is 12.5. The lowest BCUT2D eigenvalue weighted by atomic mass is 9.84. The Bertz CT molecular complexity index is 500. The summed E-state index contributed by atoms with van der Waals surface area (Å²) in [4.78, 5) is 12.5. The van der Waals surface area contributed by atoms with E-state index in [1.54, 1.807) is 0 Å². The second-order valence-electron chi connectivity index (χ2n) is 6.22. The highest BCUT2D eigenvalue weighted by Crippen LogP contribution is 2.47. The molecule has 1 aromatic carbocycles. The number of fused-ring (bicyclic) bond motifs is 2. The van der Waals surface area contributed by atoms with Crippen LogP contribution in [0, 0.1) is 17.8 Å². The van der Waals surface area contributed by atoms with Crippen molar-refractivity contribution in [1.29, 1.82) is 0 Å². The van der Waals surface area contributed by atoms with E-state index in [4.69, 9.17) is 17.3 Å². The normalized spacial score (nSPS) is 33.1. The fourth-order valence-electron chi connectivity index (χ4n) is 3.87. The highest BCUT2D eigenvalue weighted by molar-refractivity contribution is 6.30. The van der Waals surface area contributed by atoms with Gasteiger partial charge in [0.1, 0.15) is 0 Å². The molecule has 5 atom stereocenters. The van der Waals surface area contributed by atoms with Gasteiger partial charge in [0, 0.05) is 11.1 Å². The van der Waals surface area contributed by atoms with Crippen molar-refractivity contribution in [3.8, 4) is 0 Å². The van der Waals surface area contributed by atoms with Crippen molar-refractivity contribution < 1.29 is 4.79 Å². The summed E-state index contributed by atoms with van der Waals surface area (Å²) in [6.07, 6.45) is 3.49. The quantitative estimate of drug-likeness (QED) is 0.900. The van der Waals surface area contributed by atoms with Crippen LogP contribution in [0.5, 0.6) is 0 Å². The molecular weight excluding hydrogens is 272 g/mol. The first-order chi connectivity index (χ1) is 9.56. The minimum atomic E-state index is -0.00825. The SMILES string of the molecule is C[C@@H](NC(=O)C1C2CCC(C2)C1N)c1ccc(Cl)cc1. The van der Waals surface area contributed by atoms with Gasteiger partial charge < -0.3 is 11.1 Å². The van der Waals surface area contributed by atoms with Crippen molar-refractivity contribution in [2.45, 2.75) is 38.3 Å². The molecule has 20 heavy (non-hydrogen) atoms. The summed E-state index contributed by atoms with van der Waals surface area (Å²) in [5.41, 5.74) is 7.29. The van der Waals surface area contributed by atoms with Gasteiger partial charge in [0.2, 0.25) is 5.91 Å². The lowest BCUT2D eigenvalue weighted by molar-refractivity contribution is -0.127. The van der Waals surface area contributed by atoms with E-state index in [1.165, 1.54) is 6.42 Å². The van der Waals surface area contributed by atoms with Crippen LogP contribution in [0.2, 0.25) is 5.02 Å². The van der Waals surface area contributed by atoms with Crippen LogP contribution >= 0.6 is 11.6 Å². The molecule has 3 N–H and O–H groups in total. The van der Waals surface area contributed by atoms with Gasteiger partial charge >= 0.3 is 0 Å². The van der Waals surface area contributed by atoms with Crippen LogP contribution < -0.4 is 11.1 Å². The maximum absolute atomic E-state index is 12.5. The van der Waals surface area contributed by atoms with E-state index in [2.05, 4.69) is 5.32 Å². The van der Waals surface area contributed by atoms with E-state index in [-0.39, 0.29) is 23.9 Å². The zero-order valence-corrected chi connectivity index (χ0v) is 12.4. The van der Waals surface area contributed by atoms with E-state index in [0.29, 0.717) is 16.9 Å². The molecule has 2 aliphatic carbocycles. The number of nitrogens with one attached hydrogen (secondary N) is 1. The Balaban J connectivity index is 1.65. The number of nitrogens with two attached hydrogens (primary N) is 1. The molecule has 3 rings (SSSR count). The molecule has 108 valence electrons. The minimum Gasteiger partial charge on any atom is -0.349 e. The highest BCUT2D eigenvalue weighted by Gasteiger charge is 2.49. The molecule has 0 radical (unpaired) electrons. The smallest absolute Gasteiger partial charge is 0.225 e. The minimum absolute atomic E-state index is 0.00324. The molecule has 0 spiro atoms. The molecule has 2 bridgehead atoms. The third kappa shape index (κ3) is 2.45. The van der Waals surface area contributed by atoms with Crippen molar-refractivity contribution >= 4 is 17.5 Å². The number of amides is 1. The Hall–Kier alpha value is -1.06. The zero-order valence-electron chi connectivity index (χ0n) is 11.7. The first kappa shape index (κ1) is 13.9. The molecule has 0 saturated heterocycles. The lowest BCUT2D eigenvalue weighted by Gasteiger charge is -2.28. The largest absolute Gasteiger partial charge is 0.349 e. The van der Waals surface area contributed by atoms with Gasteiger partial charge in [-0.25, -0.2) is 0 Å². The average Bonchev–Trinajstić information content (AvgIpc) is 2.99. The van der Waals surface area contributed by atoms with Gasteiger partial charge in [-0.2, -0.15) is 0 Å². The number of carbonyl (C=O) groups is 1. The standard InChI is InChI=1S/C16H21ClN2O/c1-9(10-4-6-13(17)7-5-10)19-16(20)14-11-2-3-12(8-11)15(14)18/h4-7,9,11-12,14-15H,2-3,8,18H2,1H3,(H,19,20)/t9-,11?,12?,14?,15?/m1/s1. The Morgan fingerprint density at radius 1 is 1.30 bits per heavy atom. The number of rotatable bonds is 3. The van der Waals surface area contributed by atoms with Crippen LogP contribution in [0.15, 0.2) is 24.3 Å². The second kappa shape index (κ2) is 5.38. The van der Waals surface area contributed by atoms with E-state index in [0.717, 1.165) is 18.4 Å². The summed E-state index contributed by atoms with van der Waals surface area (Å²) in [5.74, 6) is 1.17. The monoisotopic (exact) mass is 292 g/mol. The highest BCUT2D eigenvalue weighted by atomic mass is 35.5. The van der Waals surface area contributed by atoms with E-state index >= 15 is 0 Å². The van der Waals surface area contributed by atoms with E-state index < -0.39 is 0 Å². The predicted octanol–water partition coefficient (Wildman–Crippen LogP) is 2.89.